The fourth-order valence-corrected chi connectivity index (χ4v) is 3.52. The molecule has 1 aromatic heterocycles. The third-order valence-corrected chi connectivity index (χ3v) is 4.85. The first-order chi connectivity index (χ1) is 12.0. The van der Waals surface area contributed by atoms with Crippen molar-refractivity contribution in [1.29, 1.82) is 0 Å². The number of benzene rings is 1. The SMILES string of the molecule is CCn1c(CCNC(=O)C2CC(=O)N(C(C)C)C2)nc2ccccc21. The van der Waals surface area contributed by atoms with Crippen LogP contribution in [0.25, 0.3) is 11.0 Å². The molecule has 134 valence electrons. The Bertz CT molecular complexity index is 781. The van der Waals surface area contributed by atoms with Crippen LogP contribution in [0, 0.1) is 5.92 Å². The van der Waals surface area contributed by atoms with Gasteiger partial charge in [0.05, 0.1) is 17.0 Å². The van der Waals surface area contributed by atoms with Crippen LogP contribution in [0.4, 0.5) is 0 Å². The Balaban J connectivity index is 1.58. The van der Waals surface area contributed by atoms with Gasteiger partial charge in [0, 0.05) is 38.5 Å². The van der Waals surface area contributed by atoms with E-state index in [-0.39, 0.29) is 23.8 Å². The molecule has 1 aliphatic heterocycles. The highest BCUT2D eigenvalue weighted by Gasteiger charge is 2.35. The lowest BCUT2D eigenvalue weighted by atomic mass is 10.1. The van der Waals surface area contributed by atoms with Crippen molar-refractivity contribution in [3.8, 4) is 0 Å². The Labute approximate surface area is 148 Å². The van der Waals surface area contributed by atoms with E-state index in [0.29, 0.717) is 25.9 Å². The van der Waals surface area contributed by atoms with Crippen LogP contribution in [0.1, 0.15) is 33.0 Å². The summed E-state index contributed by atoms with van der Waals surface area (Å²) in [6.07, 6.45) is 1.00. The maximum Gasteiger partial charge on any atom is 0.225 e. The molecular formula is C19H26N4O2. The number of rotatable bonds is 6. The summed E-state index contributed by atoms with van der Waals surface area (Å²) in [6, 6.07) is 8.22. The molecule has 2 heterocycles. The summed E-state index contributed by atoms with van der Waals surface area (Å²) >= 11 is 0. The predicted octanol–water partition coefficient (Wildman–Crippen LogP) is 1.97. The molecule has 6 heteroatoms. The molecule has 3 rings (SSSR count). The second-order valence-electron chi connectivity index (χ2n) is 6.84. The molecule has 1 aromatic carbocycles. The van der Waals surface area contributed by atoms with Crippen LogP contribution in [0.2, 0.25) is 0 Å². The molecule has 1 N–H and O–H groups in total. The number of likely N-dealkylation sites (tertiary alicyclic amines) is 1. The molecule has 0 aliphatic carbocycles. The van der Waals surface area contributed by atoms with E-state index in [1.54, 1.807) is 4.90 Å². The number of nitrogens with zero attached hydrogens (tertiary/aromatic N) is 3. The van der Waals surface area contributed by atoms with Gasteiger partial charge in [-0.15, -0.1) is 0 Å². The molecule has 1 fully saturated rings. The van der Waals surface area contributed by atoms with Gasteiger partial charge in [0.1, 0.15) is 5.82 Å². The van der Waals surface area contributed by atoms with Gasteiger partial charge >= 0.3 is 0 Å². The first kappa shape index (κ1) is 17.5. The van der Waals surface area contributed by atoms with Crippen LogP contribution in [-0.2, 0) is 22.6 Å². The smallest absolute Gasteiger partial charge is 0.225 e. The number of hydrogen-bond acceptors (Lipinski definition) is 3. The number of hydrogen-bond donors (Lipinski definition) is 1. The van der Waals surface area contributed by atoms with Crippen LogP contribution >= 0.6 is 0 Å². The summed E-state index contributed by atoms with van der Waals surface area (Å²) in [7, 11) is 0. The minimum Gasteiger partial charge on any atom is -0.355 e. The van der Waals surface area contributed by atoms with Crippen molar-refractivity contribution in [2.24, 2.45) is 5.92 Å². The van der Waals surface area contributed by atoms with E-state index in [4.69, 9.17) is 0 Å². The van der Waals surface area contributed by atoms with Crippen molar-refractivity contribution < 1.29 is 9.59 Å². The normalized spacial score (nSPS) is 17.7. The minimum atomic E-state index is -0.236. The molecule has 0 bridgehead atoms. The monoisotopic (exact) mass is 342 g/mol. The molecule has 0 saturated carbocycles. The highest BCUT2D eigenvalue weighted by Crippen LogP contribution is 2.20. The third-order valence-electron chi connectivity index (χ3n) is 4.85. The number of carbonyl (C=O) groups is 2. The zero-order chi connectivity index (χ0) is 18.0. The van der Waals surface area contributed by atoms with E-state index >= 15 is 0 Å². The molecule has 6 nitrogen and oxygen atoms in total. The molecule has 1 atom stereocenters. The number of aromatic nitrogens is 2. The van der Waals surface area contributed by atoms with Crippen molar-refractivity contribution in [2.75, 3.05) is 13.1 Å². The van der Waals surface area contributed by atoms with Crippen LogP contribution in [0.3, 0.4) is 0 Å². The van der Waals surface area contributed by atoms with Gasteiger partial charge in [-0.1, -0.05) is 12.1 Å². The Kier molecular flexibility index (Phi) is 5.06. The molecule has 2 amide bonds. The quantitative estimate of drug-likeness (QED) is 0.873. The number of amides is 2. The fourth-order valence-electron chi connectivity index (χ4n) is 3.52. The van der Waals surface area contributed by atoms with E-state index in [9.17, 15) is 9.59 Å². The zero-order valence-electron chi connectivity index (χ0n) is 15.2. The maximum absolute atomic E-state index is 12.4. The van der Waals surface area contributed by atoms with Crippen LogP contribution in [0.5, 0.6) is 0 Å². The van der Waals surface area contributed by atoms with Gasteiger partial charge in [0.2, 0.25) is 11.8 Å². The van der Waals surface area contributed by atoms with Crippen molar-refractivity contribution in [2.45, 2.75) is 46.2 Å². The van der Waals surface area contributed by atoms with Crippen LogP contribution < -0.4 is 5.32 Å². The fraction of sp³-hybridized carbons (Fsp3) is 0.526. The van der Waals surface area contributed by atoms with E-state index in [2.05, 4.69) is 27.9 Å². The maximum atomic E-state index is 12.4. The van der Waals surface area contributed by atoms with Gasteiger partial charge in [-0.2, -0.15) is 0 Å². The number of imidazole rings is 1. The van der Waals surface area contributed by atoms with E-state index < -0.39 is 0 Å². The highest BCUT2D eigenvalue weighted by molar-refractivity contribution is 5.89. The van der Waals surface area contributed by atoms with Crippen molar-refractivity contribution in [3.63, 3.8) is 0 Å². The largest absolute Gasteiger partial charge is 0.355 e. The molecule has 1 unspecified atom stereocenters. The van der Waals surface area contributed by atoms with E-state index in [0.717, 1.165) is 23.4 Å². The average molecular weight is 342 g/mol. The lowest BCUT2D eigenvalue weighted by Gasteiger charge is -2.20. The van der Waals surface area contributed by atoms with Gasteiger partial charge in [-0.05, 0) is 32.9 Å². The van der Waals surface area contributed by atoms with Crippen LogP contribution in [0.15, 0.2) is 24.3 Å². The Hall–Kier alpha value is -2.37. The summed E-state index contributed by atoms with van der Waals surface area (Å²) in [5, 5.41) is 2.98. The molecular weight excluding hydrogens is 316 g/mol. The number of nitrogens with one attached hydrogen (secondary N) is 1. The highest BCUT2D eigenvalue weighted by atomic mass is 16.2. The molecule has 0 spiro atoms. The standard InChI is InChI=1S/C19H26N4O2/c1-4-22-16-8-6-5-7-15(16)21-17(22)9-10-20-19(25)14-11-18(24)23(12-14)13(2)3/h5-8,13-14H,4,9-12H2,1-3H3,(H,20,25). The second kappa shape index (κ2) is 7.25. The first-order valence-corrected chi connectivity index (χ1v) is 9.02. The average Bonchev–Trinajstić information content (AvgIpc) is 3.14. The summed E-state index contributed by atoms with van der Waals surface area (Å²) in [5.74, 6) is 0.786. The molecule has 1 saturated heterocycles. The van der Waals surface area contributed by atoms with Crippen LogP contribution in [-0.4, -0.2) is 45.4 Å². The summed E-state index contributed by atoms with van der Waals surface area (Å²) in [5.41, 5.74) is 2.11. The summed E-state index contributed by atoms with van der Waals surface area (Å²) in [6.45, 7) is 7.97. The first-order valence-electron chi connectivity index (χ1n) is 9.02. The topological polar surface area (TPSA) is 67.2 Å². The Morgan fingerprint density at radius 2 is 2.12 bits per heavy atom. The van der Waals surface area contributed by atoms with Gasteiger partial charge in [0.15, 0.2) is 0 Å². The number of fused-ring (bicyclic) bond motifs is 1. The number of carbonyl (C=O) groups excluding carboxylic acids is 2. The van der Waals surface area contributed by atoms with Gasteiger partial charge in [-0.3, -0.25) is 9.59 Å². The van der Waals surface area contributed by atoms with Gasteiger partial charge < -0.3 is 14.8 Å². The lowest BCUT2D eigenvalue weighted by molar-refractivity contribution is -0.129. The lowest BCUT2D eigenvalue weighted by Crippen LogP contribution is -2.36. The number of aryl methyl sites for hydroxylation is 1. The molecule has 2 aromatic rings. The molecule has 1 aliphatic rings. The molecule has 0 radical (unpaired) electrons. The van der Waals surface area contributed by atoms with Crippen molar-refractivity contribution in [1.82, 2.24) is 19.8 Å². The summed E-state index contributed by atoms with van der Waals surface area (Å²) < 4.78 is 2.18. The Morgan fingerprint density at radius 3 is 2.80 bits per heavy atom. The van der Waals surface area contributed by atoms with E-state index in [1.165, 1.54) is 0 Å². The van der Waals surface area contributed by atoms with Gasteiger partial charge in [0.25, 0.3) is 0 Å². The Morgan fingerprint density at radius 1 is 1.36 bits per heavy atom. The zero-order valence-corrected chi connectivity index (χ0v) is 15.2. The summed E-state index contributed by atoms with van der Waals surface area (Å²) in [4.78, 5) is 30.8. The predicted molar refractivity (Wildman–Crippen MR) is 97.1 cm³/mol. The molecule has 25 heavy (non-hydrogen) atoms. The minimum absolute atomic E-state index is 0.0318. The van der Waals surface area contributed by atoms with Gasteiger partial charge in [-0.25, -0.2) is 4.98 Å². The van der Waals surface area contributed by atoms with E-state index in [1.807, 2.05) is 32.0 Å². The second-order valence-corrected chi connectivity index (χ2v) is 6.84. The number of para-hydroxylation sites is 2. The van der Waals surface area contributed by atoms with Crippen molar-refractivity contribution in [3.05, 3.63) is 30.1 Å². The van der Waals surface area contributed by atoms with Crippen molar-refractivity contribution >= 4 is 22.8 Å². The third kappa shape index (κ3) is 3.52.